The fraction of sp³-hybridized carbons (Fsp3) is 0.500. The molecule has 0 bridgehead atoms. The number of ether oxygens (including phenoxy) is 1. The minimum atomic E-state index is -5.02. The van der Waals surface area contributed by atoms with Crippen molar-refractivity contribution in [2.24, 2.45) is 0 Å². The predicted octanol–water partition coefficient (Wildman–Crippen LogP) is -1.25. The molecule has 0 aromatic carbocycles. The summed E-state index contributed by atoms with van der Waals surface area (Å²) in [6, 6.07) is 0. The summed E-state index contributed by atoms with van der Waals surface area (Å²) in [4.78, 5) is 65.2. The Morgan fingerprint density at radius 3 is 2.35 bits per heavy atom. The van der Waals surface area contributed by atoms with E-state index in [9.17, 15) is 13.7 Å². The van der Waals surface area contributed by atoms with Crippen molar-refractivity contribution >= 4 is 40.6 Å². The fourth-order valence-electron chi connectivity index (χ4n) is 2.77. The number of phosphoric acid groups is 3. The van der Waals surface area contributed by atoms with Crippen LogP contribution in [0.4, 0.5) is 5.95 Å². The van der Waals surface area contributed by atoms with Gasteiger partial charge >= 0.3 is 23.5 Å². The summed E-state index contributed by atoms with van der Waals surface area (Å²) in [5.41, 5.74) is 5.20. The lowest BCUT2D eigenvalue weighted by molar-refractivity contribution is -0.0417. The molecule has 2 aromatic heterocycles. The number of anilines is 1. The molecule has 1 aliphatic heterocycles. The number of phosphoric ester groups is 3. The van der Waals surface area contributed by atoms with E-state index in [0.717, 1.165) is 6.33 Å². The number of nitrogen functional groups attached to an aromatic ring is 1. The molecule has 0 radical (unpaired) electrons. The summed E-state index contributed by atoms with van der Waals surface area (Å²) in [6.07, 6.45) is -2.96. The Kier molecular flexibility index (Phi) is 6.57. The lowest BCUT2D eigenvalue weighted by atomic mass is 10.2. The molecule has 1 aliphatic rings. The van der Waals surface area contributed by atoms with E-state index < -0.39 is 60.3 Å². The third-order valence-electron chi connectivity index (χ3n) is 3.78. The molecule has 21 heteroatoms. The smallest absolute Gasteiger partial charge is 0.383 e. The zero-order valence-electron chi connectivity index (χ0n) is 15.0. The molecule has 0 spiro atoms. The van der Waals surface area contributed by atoms with E-state index in [2.05, 4.69) is 28.5 Å². The average molecular weight is 507 g/mol. The first kappa shape index (κ1) is 24.1. The van der Waals surface area contributed by atoms with E-state index in [1.54, 1.807) is 0 Å². The highest BCUT2D eigenvalue weighted by molar-refractivity contribution is 7.47. The highest BCUT2D eigenvalue weighted by Gasteiger charge is 2.42. The number of nitrogens with two attached hydrogens (primary N) is 1. The van der Waals surface area contributed by atoms with Gasteiger partial charge in [-0.1, -0.05) is 0 Å². The van der Waals surface area contributed by atoms with Crippen LogP contribution in [0.3, 0.4) is 0 Å². The van der Waals surface area contributed by atoms with Crippen LogP contribution in [-0.2, 0) is 27.5 Å². The van der Waals surface area contributed by atoms with Crippen LogP contribution in [0.25, 0.3) is 11.2 Å². The lowest BCUT2D eigenvalue weighted by Crippen LogP contribution is -2.28. The van der Waals surface area contributed by atoms with Gasteiger partial charge < -0.3 is 34.6 Å². The van der Waals surface area contributed by atoms with Gasteiger partial charge in [0.05, 0.1) is 12.9 Å². The number of rotatable bonds is 8. The normalized spacial score (nSPS) is 22.8. The Morgan fingerprint density at radius 2 is 1.77 bits per heavy atom. The average Bonchev–Trinajstić information content (AvgIpc) is 3.13. The molecule has 1 saturated heterocycles. The maximum atomic E-state index is 11.2. The standard InChI is InChI=1S/C10H16N5O13P3/c11-10-13-8-7(9(14-10)28-31(22,23)24)12-3-15(8)6-1-4(27-30(19,20)21)5(26-6)2-25-29(16,17)18/h3-6H,1-2H2,(H2,11,13,14)(H2,16,17,18)(H2,19,20,21)(H2,22,23,24)/t4-,5+,6+/m0/s1. The Balaban J connectivity index is 1.93. The SMILES string of the molecule is Nc1nc(OP(=O)(O)O)c2ncn([C@H]3C[C@H](OP(=O)(O)O)[C@@H](COP(=O)(O)O)O3)c2n1. The lowest BCUT2D eigenvalue weighted by Gasteiger charge is -2.19. The van der Waals surface area contributed by atoms with Gasteiger partial charge in [-0.25, -0.2) is 18.7 Å². The maximum absolute atomic E-state index is 11.2. The largest absolute Gasteiger partial charge is 0.526 e. The monoisotopic (exact) mass is 507 g/mol. The first-order valence-electron chi connectivity index (χ1n) is 7.96. The number of aromatic nitrogens is 4. The molecule has 1 fully saturated rings. The van der Waals surface area contributed by atoms with Gasteiger partial charge in [-0.3, -0.25) is 23.4 Å². The summed E-state index contributed by atoms with van der Waals surface area (Å²) in [7, 11) is -15.0. The van der Waals surface area contributed by atoms with Gasteiger partial charge in [0.15, 0.2) is 11.2 Å². The van der Waals surface area contributed by atoms with Crippen molar-refractivity contribution in [3.8, 4) is 5.88 Å². The highest BCUT2D eigenvalue weighted by atomic mass is 31.2. The van der Waals surface area contributed by atoms with E-state index in [-0.39, 0.29) is 17.6 Å². The van der Waals surface area contributed by atoms with Crippen molar-refractivity contribution in [2.75, 3.05) is 12.3 Å². The second-order valence-electron chi connectivity index (χ2n) is 6.08. The maximum Gasteiger partial charge on any atom is 0.526 e. The van der Waals surface area contributed by atoms with Crippen LogP contribution >= 0.6 is 23.5 Å². The Morgan fingerprint density at radius 1 is 1.10 bits per heavy atom. The predicted molar refractivity (Wildman–Crippen MR) is 95.8 cm³/mol. The Labute approximate surface area is 171 Å². The Hall–Kier alpha value is -1.52. The fourth-order valence-corrected chi connectivity index (χ4v) is 4.04. The summed E-state index contributed by atoms with van der Waals surface area (Å²) < 4.78 is 53.4. The van der Waals surface area contributed by atoms with Crippen molar-refractivity contribution < 1.29 is 61.4 Å². The van der Waals surface area contributed by atoms with Gasteiger partial charge in [0.25, 0.3) is 5.88 Å². The quantitative estimate of drug-likeness (QED) is 0.206. The van der Waals surface area contributed by atoms with Crippen LogP contribution in [0.1, 0.15) is 12.6 Å². The van der Waals surface area contributed by atoms with Crippen LogP contribution in [-0.4, -0.2) is 67.7 Å². The third-order valence-corrected chi connectivity index (χ3v) is 5.22. The summed E-state index contributed by atoms with van der Waals surface area (Å²) in [5, 5.41) is 0. The molecule has 3 rings (SSSR count). The first-order valence-corrected chi connectivity index (χ1v) is 12.5. The van der Waals surface area contributed by atoms with Crippen molar-refractivity contribution in [1.29, 1.82) is 0 Å². The van der Waals surface area contributed by atoms with E-state index in [1.807, 2.05) is 0 Å². The molecular formula is C10H16N5O13P3. The van der Waals surface area contributed by atoms with E-state index in [0.29, 0.717) is 0 Å². The van der Waals surface area contributed by atoms with E-state index >= 15 is 0 Å². The summed E-state index contributed by atoms with van der Waals surface area (Å²) >= 11 is 0. The molecule has 18 nitrogen and oxygen atoms in total. The van der Waals surface area contributed by atoms with Gasteiger partial charge in [-0.2, -0.15) is 9.97 Å². The summed E-state index contributed by atoms with van der Waals surface area (Å²) in [6.45, 7) is -0.776. The van der Waals surface area contributed by atoms with Crippen LogP contribution in [0.15, 0.2) is 6.33 Å². The van der Waals surface area contributed by atoms with Crippen molar-refractivity contribution in [3.63, 3.8) is 0 Å². The van der Waals surface area contributed by atoms with E-state index in [4.69, 9.17) is 39.8 Å². The van der Waals surface area contributed by atoms with E-state index in [1.165, 1.54) is 4.57 Å². The van der Waals surface area contributed by atoms with Crippen molar-refractivity contribution in [2.45, 2.75) is 24.9 Å². The first-order chi connectivity index (χ1) is 14.1. The number of imidazole rings is 1. The molecule has 0 saturated carbocycles. The van der Waals surface area contributed by atoms with Crippen molar-refractivity contribution in [3.05, 3.63) is 6.33 Å². The van der Waals surface area contributed by atoms with Crippen LogP contribution in [0.5, 0.6) is 5.88 Å². The van der Waals surface area contributed by atoms with Crippen LogP contribution < -0.4 is 10.3 Å². The molecule has 31 heavy (non-hydrogen) atoms. The zero-order chi connectivity index (χ0) is 23.2. The molecule has 3 heterocycles. The Bertz CT molecular complexity index is 1110. The van der Waals surface area contributed by atoms with Gasteiger partial charge in [0.2, 0.25) is 5.95 Å². The second-order valence-corrected chi connectivity index (χ2v) is 9.67. The van der Waals surface area contributed by atoms with Gasteiger partial charge in [-0.15, -0.1) is 0 Å². The second kappa shape index (κ2) is 8.44. The number of hydrogen-bond acceptors (Lipinski definition) is 11. The molecule has 174 valence electrons. The molecule has 3 atom stereocenters. The minimum Gasteiger partial charge on any atom is -0.383 e. The third kappa shape index (κ3) is 6.49. The molecule has 0 unspecified atom stereocenters. The molecule has 8 N–H and O–H groups in total. The number of fused-ring (bicyclic) bond motifs is 1. The molecule has 0 amide bonds. The van der Waals surface area contributed by atoms with Gasteiger partial charge in [0.1, 0.15) is 18.4 Å². The van der Waals surface area contributed by atoms with Gasteiger partial charge in [-0.05, 0) is 0 Å². The topological polar surface area (TPSA) is 279 Å². The van der Waals surface area contributed by atoms with Crippen LogP contribution in [0, 0.1) is 0 Å². The van der Waals surface area contributed by atoms with Crippen molar-refractivity contribution in [1.82, 2.24) is 19.5 Å². The van der Waals surface area contributed by atoms with Crippen LogP contribution in [0.2, 0.25) is 0 Å². The summed E-state index contributed by atoms with van der Waals surface area (Å²) in [5.74, 6) is -1.07. The molecule has 0 aliphatic carbocycles. The zero-order valence-corrected chi connectivity index (χ0v) is 17.7. The number of hydrogen-bond donors (Lipinski definition) is 7. The minimum absolute atomic E-state index is 0.118. The molecule has 2 aromatic rings. The van der Waals surface area contributed by atoms with Gasteiger partial charge in [0, 0.05) is 6.42 Å². The molecular weight excluding hydrogens is 491 g/mol. The number of nitrogens with zero attached hydrogens (tertiary/aromatic N) is 4. The highest BCUT2D eigenvalue weighted by Crippen LogP contribution is 2.46.